The number of amides is 2. The zero-order chi connectivity index (χ0) is 21.7. The molecule has 0 radical (unpaired) electrons. The van der Waals surface area contributed by atoms with E-state index in [-0.39, 0.29) is 17.9 Å². The van der Waals surface area contributed by atoms with Crippen LogP contribution >= 0.6 is 0 Å². The summed E-state index contributed by atoms with van der Waals surface area (Å²) < 4.78 is 5.44. The topological polar surface area (TPSA) is 49.9 Å². The van der Waals surface area contributed by atoms with Crippen LogP contribution in [0.1, 0.15) is 45.2 Å². The van der Waals surface area contributed by atoms with Crippen molar-refractivity contribution in [3.05, 3.63) is 71.8 Å². The highest BCUT2D eigenvalue weighted by molar-refractivity contribution is 5.94. The number of likely N-dealkylation sites (tertiary alicyclic amines) is 1. The van der Waals surface area contributed by atoms with Crippen molar-refractivity contribution in [1.29, 1.82) is 0 Å². The van der Waals surface area contributed by atoms with Crippen molar-refractivity contribution in [2.24, 2.45) is 5.92 Å². The molecule has 160 valence electrons. The predicted molar refractivity (Wildman–Crippen MR) is 118 cm³/mol. The number of imide groups is 1. The highest BCUT2D eigenvalue weighted by Crippen LogP contribution is 2.27. The van der Waals surface area contributed by atoms with Crippen molar-refractivity contribution >= 4 is 12.0 Å². The van der Waals surface area contributed by atoms with Gasteiger partial charge in [-0.1, -0.05) is 67.6 Å². The zero-order valence-electron chi connectivity index (χ0n) is 18.4. The van der Waals surface area contributed by atoms with Gasteiger partial charge in [0.15, 0.2) is 0 Å². The Bertz CT molecular complexity index is 804. The molecule has 0 bridgehead atoms. The molecule has 3 rings (SSSR count). The van der Waals surface area contributed by atoms with Gasteiger partial charge in [0.25, 0.3) is 0 Å². The van der Waals surface area contributed by atoms with Gasteiger partial charge in [-0.15, -0.1) is 0 Å². The van der Waals surface area contributed by atoms with Crippen LogP contribution in [0.5, 0.6) is 0 Å². The van der Waals surface area contributed by atoms with E-state index in [0.717, 1.165) is 19.5 Å². The molecule has 1 saturated heterocycles. The van der Waals surface area contributed by atoms with Gasteiger partial charge in [0, 0.05) is 25.7 Å². The maximum absolute atomic E-state index is 13.1. The summed E-state index contributed by atoms with van der Waals surface area (Å²) in [6.45, 7) is 9.25. The molecule has 5 nitrogen and oxygen atoms in total. The third-order valence-electron chi connectivity index (χ3n) is 5.42. The molecular formula is C25H32N2O3. The first-order valence-electron chi connectivity index (χ1n) is 10.6. The van der Waals surface area contributed by atoms with Gasteiger partial charge < -0.3 is 4.74 Å². The van der Waals surface area contributed by atoms with Gasteiger partial charge in [-0.25, -0.2) is 9.69 Å². The number of nitrogens with zero attached hydrogens (tertiary/aromatic N) is 2. The van der Waals surface area contributed by atoms with Crippen LogP contribution in [-0.4, -0.2) is 40.0 Å². The van der Waals surface area contributed by atoms with Crippen molar-refractivity contribution in [2.45, 2.75) is 58.8 Å². The van der Waals surface area contributed by atoms with Crippen LogP contribution < -0.4 is 0 Å². The second-order valence-corrected chi connectivity index (χ2v) is 8.99. The minimum absolute atomic E-state index is 0.0524. The molecule has 0 unspecified atom stereocenters. The maximum Gasteiger partial charge on any atom is 0.417 e. The van der Waals surface area contributed by atoms with E-state index >= 15 is 0 Å². The lowest BCUT2D eigenvalue weighted by Crippen LogP contribution is -2.55. The van der Waals surface area contributed by atoms with Crippen molar-refractivity contribution in [3.8, 4) is 0 Å². The quantitative estimate of drug-likeness (QED) is 0.709. The third-order valence-corrected chi connectivity index (χ3v) is 5.42. The molecule has 2 amide bonds. The van der Waals surface area contributed by atoms with E-state index in [9.17, 15) is 9.59 Å². The molecule has 2 atom stereocenters. The van der Waals surface area contributed by atoms with Crippen molar-refractivity contribution in [2.75, 3.05) is 6.54 Å². The summed E-state index contributed by atoms with van der Waals surface area (Å²) in [5, 5.41) is 0. The van der Waals surface area contributed by atoms with Crippen molar-refractivity contribution in [3.63, 3.8) is 0 Å². The Morgan fingerprint density at radius 1 is 1.00 bits per heavy atom. The summed E-state index contributed by atoms with van der Waals surface area (Å²) in [5.74, 6) is -0.453. The summed E-state index contributed by atoms with van der Waals surface area (Å²) in [6.07, 6.45) is 0.182. The molecule has 1 heterocycles. The average Bonchev–Trinajstić information content (AvgIpc) is 2.70. The van der Waals surface area contributed by atoms with Gasteiger partial charge in [-0.05, 0) is 38.3 Å². The third kappa shape index (κ3) is 5.70. The van der Waals surface area contributed by atoms with Gasteiger partial charge in [0.05, 0.1) is 5.92 Å². The van der Waals surface area contributed by atoms with Crippen LogP contribution in [0.25, 0.3) is 0 Å². The lowest BCUT2D eigenvalue weighted by molar-refractivity contribution is -0.140. The molecule has 0 saturated carbocycles. The number of rotatable bonds is 5. The summed E-state index contributed by atoms with van der Waals surface area (Å²) in [6, 6.07) is 20.7. The van der Waals surface area contributed by atoms with E-state index in [1.165, 1.54) is 16.0 Å². The fourth-order valence-electron chi connectivity index (χ4n) is 3.96. The minimum Gasteiger partial charge on any atom is -0.443 e. The maximum atomic E-state index is 13.1. The lowest BCUT2D eigenvalue weighted by atomic mass is 9.90. The fourth-order valence-corrected chi connectivity index (χ4v) is 3.96. The summed E-state index contributed by atoms with van der Waals surface area (Å²) >= 11 is 0. The van der Waals surface area contributed by atoms with Gasteiger partial charge >= 0.3 is 6.09 Å². The Balaban J connectivity index is 1.78. The molecule has 1 aliphatic heterocycles. The Labute approximate surface area is 179 Å². The van der Waals surface area contributed by atoms with Crippen LogP contribution in [0.3, 0.4) is 0 Å². The lowest BCUT2D eigenvalue weighted by Gasteiger charge is -2.41. The number of piperidine rings is 1. The normalized spacial score (nSPS) is 19.8. The van der Waals surface area contributed by atoms with E-state index in [4.69, 9.17) is 4.74 Å². The van der Waals surface area contributed by atoms with Gasteiger partial charge in [-0.2, -0.15) is 0 Å². The molecule has 1 aliphatic rings. The predicted octanol–water partition coefficient (Wildman–Crippen LogP) is 4.86. The van der Waals surface area contributed by atoms with Crippen LogP contribution in [0.4, 0.5) is 4.79 Å². The van der Waals surface area contributed by atoms with Crippen molar-refractivity contribution in [1.82, 2.24) is 9.80 Å². The Hall–Kier alpha value is -2.66. The van der Waals surface area contributed by atoms with E-state index in [2.05, 4.69) is 29.2 Å². The van der Waals surface area contributed by atoms with Crippen LogP contribution in [0.15, 0.2) is 60.7 Å². The summed E-state index contributed by atoms with van der Waals surface area (Å²) in [4.78, 5) is 29.2. The van der Waals surface area contributed by atoms with Crippen molar-refractivity contribution < 1.29 is 14.3 Å². The Morgan fingerprint density at radius 2 is 1.50 bits per heavy atom. The molecule has 5 heteroatoms. The Kier molecular flexibility index (Phi) is 6.93. The molecule has 0 aliphatic carbocycles. The number of hydrogen-bond acceptors (Lipinski definition) is 4. The second-order valence-electron chi connectivity index (χ2n) is 8.99. The monoisotopic (exact) mass is 408 g/mol. The first-order valence-corrected chi connectivity index (χ1v) is 10.6. The number of ether oxygens (including phenoxy) is 1. The van der Waals surface area contributed by atoms with Crippen LogP contribution in [-0.2, 0) is 22.6 Å². The molecule has 1 fully saturated rings. The van der Waals surface area contributed by atoms with E-state index in [1.54, 1.807) is 0 Å². The smallest absolute Gasteiger partial charge is 0.417 e. The molecule has 0 N–H and O–H groups in total. The molecule has 30 heavy (non-hydrogen) atoms. The standard InChI is InChI=1S/C25H32N2O3/c1-19-22(15-16-27(23(19)28)24(29)30-25(2,3)4)26(17-20-11-7-5-8-12-20)18-21-13-9-6-10-14-21/h5-14,19,22H,15-18H2,1-4H3/t19-,22+/m0/s1. The Morgan fingerprint density at radius 3 is 1.97 bits per heavy atom. The minimum atomic E-state index is -0.621. The van der Waals surface area contributed by atoms with E-state index in [1.807, 2.05) is 64.1 Å². The second kappa shape index (κ2) is 9.43. The number of carbonyl (C=O) groups is 2. The van der Waals surface area contributed by atoms with Crippen LogP contribution in [0, 0.1) is 5.92 Å². The summed E-state index contributed by atoms with van der Waals surface area (Å²) in [5.41, 5.74) is 1.80. The first-order chi connectivity index (χ1) is 14.2. The number of carbonyl (C=O) groups excluding carboxylic acids is 2. The molecule has 2 aromatic rings. The SMILES string of the molecule is C[C@@H]1C(=O)N(C(=O)OC(C)(C)C)CC[C@H]1N(Cc1ccccc1)Cc1ccccc1. The van der Waals surface area contributed by atoms with E-state index < -0.39 is 11.7 Å². The zero-order valence-corrected chi connectivity index (χ0v) is 18.4. The van der Waals surface area contributed by atoms with Gasteiger partial charge in [-0.3, -0.25) is 9.69 Å². The van der Waals surface area contributed by atoms with Crippen LogP contribution in [0.2, 0.25) is 0 Å². The first kappa shape index (κ1) is 22.0. The molecule has 0 spiro atoms. The number of benzene rings is 2. The largest absolute Gasteiger partial charge is 0.443 e. The van der Waals surface area contributed by atoms with E-state index in [0.29, 0.717) is 6.54 Å². The highest BCUT2D eigenvalue weighted by Gasteiger charge is 2.40. The average molecular weight is 409 g/mol. The summed E-state index contributed by atoms with van der Waals surface area (Å²) in [7, 11) is 0. The molecule has 0 aromatic heterocycles. The number of hydrogen-bond donors (Lipinski definition) is 0. The fraction of sp³-hybridized carbons (Fsp3) is 0.440. The molecule has 2 aromatic carbocycles. The van der Waals surface area contributed by atoms with Gasteiger partial charge in [0.2, 0.25) is 5.91 Å². The molecular weight excluding hydrogens is 376 g/mol. The highest BCUT2D eigenvalue weighted by atomic mass is 16.6. The van der Waals surface area contributed by atoms with Gasteiger partial charge in [0.1, 0.15) is 5.60 Å².